The first-order valence-corrected chi connectivity index (χ1v) is 10.7. The Bertz CT molecular complexity index is 785. The maximum atomic E-state index is 13.3. The molecule has 1 aromatic rings. The molecule has 5 heteroatoms. The van der Waals surface area contributed by atoms with Crippen LogP contribution in [0.2, 0.25) is 0 Å². The summed E-state index contributed by atoms with van der Waals surface area (Å²) in [4.78, 5) is 28.6. The van der Waals surface area contributed by atoms with Crippen molar-refractivity contribution in [1.29, 1.82) is 0 Å². The number of nitrogens with zero attached hydrogens (tertiary/aromatic N) is 1. The minimum Gasteiger partial charge on any atom is -0.341 e. The number of hydrogen-bond donors (Lipinski definition) is 1. The summed E-state index contributed by atoms with van der Waals surface area (Å²) in [7, 11) is 2.08. The fourth-order valence-corrected chi connectivity index (χ4v) is 4.29. The van der Waals surface area contributed by atoms with Gasteiger partial charge in [-0.25, -0.2) is 0 Å². The quantitative estimate of drug-likeness (QED) is 0.326. The largest absolute Gasteiger partial charge is 0.341 e. The number of rotatable bonds is 7. The van der Waals surface area contributed by atoms with Crippen LogP contribution >= 0.6 is 11.8 Å². The summed E-state index contributed by atoms with van der Waals surface area (Å²) in [6.45, 7) is 8.01. The van der Waals surface area contributed by atoms with E-state index < -0.39 is 5.54 Å². The van der Waals surface area contributed by atoms with E-state index >= 15 is 0 Å². The van der Waals surface area contributed by atoms with Gasteiger partial charge in [0.15, 0.2) is 5.78 Å². The van der Waals surface area contributed by atoms with E-state index in [-0.39, 0.29) is 17.3 Å². The topological polar surface area (TPSA) is 49.4 Å². The third-order valence-electron chi connectivity index (χ3n) is 5.37. The molecule has 1 saturated heterocycles. The standard InChI is InChI=1S/C23H30N2O2S/c1-6-7-13-20(28-5)21(18(3)26)22(27)24-23(19-11-9-8-10-12-19)15-14-17(2)25(4)16-23/h6-13,17H,1,14-16H2,2-5H3,(H,24,27)/b13-7-,21-20?. The predicted octanol–water partition coefficient (Wildman–Crippen LogP) is 4.06. The Balaban J connectivity index is 2.47. The Morgan fingerprint density at radius 3 is 2.54 bits per heavy atom. The van der Waals surface area contributed by atoms with Gasteiger partial charge in [0.05, 0.1) is 11.1 Å². The van der Waals surface area contributed by atoms with Gasteiger partial charge in [-0.05, 0) is 51.6 Å². The predicted molar refractivity (Wildman–Crippen MR) is 118 cm³/mol. The van der Waals surface area contributed by atoms with Crippen LogP contribution < -0.4 is 5.32 Å². The second kappa shape index (κ2) is 9.89. The third-order valence-corrected chi connectivity index (χ3v) is 6.15. The summed E-state index contributed by atoms with van der Waals surface area (Å²) in [5, 5.41) is 3.24. The number of likely N-dealkylation sites (tertiary alicyclic amines) is 1. The zero-order valence-corrected chi connectivity index (χ0v) is 18.0. The molecule has 0 radical (unpaired) electrons. The van der Waals surface area contributed by atoms with Crippen molar-refractivity contribution in [2.24, 2.45) is 0 Å². The average Bonchev–Trinajstić information content (AvgIpc) is 2.68. The van der Waals surface area contributed by atoms with Crippen molar-refractivity contribution >= 4 is 23.5 Å². The highest BCUT2D eigenvalue weighted by Crippen LogP contribution is 2.34. The molecule has 1 aliphatic heterocycles. The van der Waals surface area contributed by atoms with Gasteiger partial charge in [0.1, 0.15) is 0 Å². The van der Waals surface area contributed by atoms with Crippen LogP contribution in [0.5, 0.6) is 0 Å². The Kier molecular flexibility index (Phi) is 7.84. The number of likely N-dealkylation sites (N-methyl/N-ethyl adjacent to an activating group) is 1. The molecule has 1 N–H and O–H groups in total. The van der Waals surface area contributed by atoms with Gasteiger partial charge in [-0.2, -0.15) is 0 Å². The molecule has 1 fully saturated rings. The highest BCUT2D eigenvalue weighted by atomic mass is 32.2. The van der Waals surface area contributed by atoms with Gasteiger partial charge < -0.3 is 10.2 Å². The lowest BCUT2D eigenvalue weighted by Crippen LogP contribution is -2.58. The molecule has 2 rings (SSSR count). The molecule has 2 unspecified atom stereocenters. The number of carbonyl (C=O) groups is 2. The first kappa shape index (κ1) is 22.2. The number of piperidine rings is 1. The maximum absolute atomic E-state index is 13.3. The Morgan fingerprint density at radius 1 is 1.32 bits per heavy atom. The van der Waals surface area contributed by atoms with Crippen LogP contribution in [0.25, 0.3) is 0 Å². The zero-order valence-electron chi connectivity index (χ0n) is 17.2. The molecule has 0 aliphatic carbocycles. The normalized spacial score (nSPS) is 23.9. The van der Waals surface area contributed by atoms with E-state index in [0.29, 0.717) is 17.5 Å². The number of nitrogens with one attached hydrogen (secondary N) is 1. The van der Waals surface area contributed by atoms with Gasteiger partial charge in [0.2, 0.25) is 0 Å². The van der Waals surface area contributed by atoms with Gasteiger partial charge in [-0.15, -0.1) is 11.8 Å². The number of amides is 1. The molecule has 150 valence electrons. The number of allylic oxidation sites excluding steroid dienone is 3. The van der Waals surface area contributed by atoms with E-state index in [9.17, 15) is 9.59 Å². The van der Waals surface area contributed by atoms with Crippen LogP contribution in [-0.4, -0.2) is 42.5 Å². The molecule has 1 amide bonds. The van der Waals surface area contributed by atoms with Crippen LogP contribution in [-0.2, 0) is 15.1 Å². The minimum absolute atomic E-state index is 0.196. The van der Waals surface area contributed by atoms with Gasteiger partial charge in [0, 0.05) is 17.5 Å². The van der Waals surface area contributed by atoms with Crippen molar-refractivity contribution in [3.63, 3.8) is 0 Å². The van der Waals surface area contributed by atoms with Crippen LogP contribution in [0.15, 0.2) is 65.6 Å². The van der Waals surface area contributed by atoms with Crippen molar-refractivity contribution in [2.45, 2.75) is 38.3 Å². The van der Waals surface area contributed by atoms with Crippen molar-refractivity contribution in [2.75, 3.05) is 19.8 Å². The van der Waals surface area contributed by atoms with E-state index in [2.05, 4.69) is 30.8 Å². The van der Waals surface area contributed by atoms with Crippen LogP contribution in [0.1, 0.15) is 32.3 Å². The fourth-order valence-electron chi connectivity index (χ4n) is 3.64. The summed E-state index contributed by atoms with van der Waals surface area (Å²) in [6.07, 6.45) is 8.80. The van der Waals surface area contributed by atoms with Crippen LogP contribution in [0, 0.1) is 0 Å². The molecule has 0 bridgehead atoms. The van der Waals surface area contributed by atoms with Crippen LogP contribution in [0.3, 0.4) is 0 Å². The van der Waals surface area contributed by atoms with Crippen molar-refractivity contribution < 1.29 is 9.59 Å². The van der Waals surface area contributed by atoms with E-state index in [1.54, 1.807) is 18.2 Å². The zero-order chi connectivity index (χ0) is 20.7. The van der Waals surface area contributed by atoms with E-state index in [4.69, 9.17) is 0 Å². The Hall–Kier alpha value is -2.11. The lowest BCUT2D eigenvalue weighted by atomic mass is 9.80. The van der Waals surface area contributed by atoms with Crippen molar-refractivity contribution in [1.82, 2.24) is 10.2 Å². The molecular formula is C23H30N2O2S. The molecule has 1 heterocycles. The number of hydrogen-bond acceptors (Lipinski definition) is 4. The number of thioether (sulfide) groups is 1. The molecule has 0 saturated carbocycles. The summed E-state index contributed by atoms with van der Waals surface area (Å²) < 4.78 is 0. The van der Waals surface area contributed by atoms with Gasteiger partial charge >= 0.3 is 0 Å². The molecule has 1 aliphatic rings. The third kappa shape index (κ3) is 5.03. The van der Waals surface area contributed by atoms with Gasteiger partial charge in [0.25, 0.3) is 5.91 Å². The summed E-state index contributed by atoms with van der Waals surface area (Å²) in [5.74, 6) is -0.561. The number of ketones is 1. The SMILES string of the molecule is C=C/C=C\C(SC)=C(C(C)=O)C(=O)NC1(c2ccccc2)CCC(C)N(C)C1. The number of Topliss-reactive ketones (excluding diaryl/α,β-unsaturated/α-hetero) is 1. The smallest absolute Gasteiger partial charge is 0.256 e. The first-order valence-electron chi connectivity index (χ1n) is 9.51. The summed E-state index contributed by atoms with van der Waals surface area (Å²) in [5.41, 5.74) is 0.742. The van der Waals surface area contributed by atoms with E-state index in [1.807, 2.05) is 36.6 Å². The van der Waals surface area contributed by atoms with E-state index in [0.717, 1.165) is 18.4 Å². The molecule has 1 aromatic carbocycles. The molecule has 0 spiro atoms. The average molecular weight is 399 g/mol. The lowest BCUT2D eigenvalue weighted by molar-refractivity contribution is -0.123. The molecule has 0 aromatic heterocycles. The molecule has 4 nitrogen and oxygen atoms in total. The number of carbonyl (C=O) groups excluding carboxylic acids is 2. The number of benzene rings is 1. The van der Waals surface area contributed by atoms with Crippen LogP contribution in [0.4, 0.5) is 0 Å². The minimum atomic E-state index is -0.522. The van der Waals surface area contributed by atoms with Crippen molar-refractivity contribution in [3.8, 4) is 0 Å². The fraction of sp³-hybridized carbons (Fsp3) is 0.391. The second-order valence-electron chi connectivity index (χ2n) is 7.30. The Labute approximate surface area is 172 Å². The molecule has 28 heavy (non-hydrogen) atoms. The van der Waals surface area contributed by atoms with Crippen molar-refractivity contribution in [3.05, 3.63) is 71.2 Å². The highest BCUT2D eigenvalue weighted by Gasteiger charge is 2.40. The summed E-state index contributed by atoms with van der Waals surface area (Å²) in [6, 6.07) is 10.5. The lowest BCUT2D eigenvalue weighted by Gasteiger charge is -2.45. The van der Waals surface area contributed by atoms with E-state index in [1.165, 1.54) is 18.7 Å². The second-order valence-corrected chi connectivity index (χ2v) is 8.15. The maximum Gasteiger partial charge on any atom is 0.256 e. The first-order chi connectivity index (χ1) is 13.3. The molecular weight excluding hydrogens is 368 g/mol. The Morgan fingerprint density at radius 2 is 2.00 bits per heavy atom. The van der Waals surface area contributed by atoms with Gasteiger partial charge in [-0.1, -0.05) is 49.1 Å². The molecule has 2 atom stereocenters. The highest BCUT2D eigenvalue weighted by molar-refractivity contribution is 8.02. The summed E-state index contributed by atoms with van der Waals surface area (Å²) >= 11 is 1.39. The monoisotopic (exact) mass is 398 g/mol. The van der Waals surface area contributed by atoms with Gasteiger partial charge in [-0.3, -0.25) is 9.59 Å².